The van der Waals surface area contributed by atoms with Crippen LogP contribution in [0.2, 0.25) is 0 Å². The van der Waals surface area contributed by atoms with E-state index in [-0.39, 0.29) is 35.0 Å². The van der Waals surface area contributed by atoms with Crippen molar-refractivity contribution in [2.75, 3.05) is 0 Å². The van der Waals surface area contributed by atoms with Gasteiger partial charge in [0.1, 0.15) is 17.7 Å². The highest BCUT2D eigenvalue weighted by Gasteiger charge is 2.31. The zero-order chi connectivity index (χ0) is 12.6. The van der Waals surface area contributed by atoms with Crippen molar-refractivity contribution in [3.05, 3.63) is 32.5 Å². The van der Waals surface area contributed by atoms with Gasteiger partial charge in [0.15, 0.2) is 0 Å². The van der Waals surface area contributed by atoms with Gasteiger partial charge in [-0.05, 0) is 22.0 Å². The average molecular weight is 304 g/mol. The van der Waals surface area contributed by atoms with E-state index < -0.39 is 16.4 Å². The number of hydrogen-bond acceptors (Lipinski definition) is 4. The van der Waals surface area contributed by atoms with Crippen LogP contribution in [0.5, 0.6) is 5.75 Å². The van der Waals surface area contributed by atoms with Crippen LogP contribution in [0.3, 0.4) is 0 Å². The fourth-order valence-corrected chi connectivity index (χ4v) is 2.01. The Hall–Kier alpha value is -1.50. The lowest BCUT2D eigenvalue weighted by atomic mass is 9.94. The Morgan fingerprint density at radius 2 is 2.12 bits per heavy atom. The van der Waals surface area contributed by atoms with Crippen molar-refractivity contribution in [1.29, 1.82) is 0 Å². The topological polar surface area (TPSA) is 69.4 Å². The second kappa shape index (κ2) is 4.40. The third-order valence-corrected chi connectivity index (χ3v) is 2.97. The molecule has 17 heavy (non-hydrogen) atoms. The summed E-state index contributed by atoms with van der Waals surface area (Å²) in [6, 6.07) is 1.88. The average Bonchev–Trinajstić information content (AvgIpc) is 2.18. The van der Waals surface area contributed by atoms with Crippen LogP contribution in [0.25, 0.3) is 0 Å². The van der Waals surface area contributed by atoms with Crippen LogP contribution in [0.15, 0.2) is 16.6 Å². The maximum Gasteiger partial charge on any atom is 0.315 e. The molecule has 1 aromatic rings. The Balaban J connectivity index is 2.30. The quantitative estimate of drug-likeness (QED) is 0.636. The summed E-state index contributed by atoms with van der Waals surface area (Å²) in [4.78, 5) is 20.8. The molecule has 1 aliphatic carbocycles. The van der Waals surface area contributed by atoms with Crippen molar-refractivity contribution < 1.29 is 18.8 Å². The van der Waals surface area contributed by atoms with E-state index in [1.807, 2.05) is 0 Å². The first kappa shape index (κ1) is 12.0. The molecule has 1 fully saturated rings. The van der Waals surface area contributed by atoms with Gasteiger partial charge in [-0.3, -0.25) is 14.9 Å². The predicted octanol–water partition coefficient (Wildman–Crippen LogP) is 2.61. The number of halogens is 2. The molecule has 7 heteroatoms. The van der Waals surface area contributed by atoms with E-state index in [9.17, 15) is 19.3 Å². The van der Waals surface area contributed by atoms with Gasteiger partial charge in [-0.25, -0.2) is 4.39 Å². The Labute approximate surface area is 104 Å². The van der Waals surface area contributed by atoms with Gasteiger partial charge in [-0.2, -0.15) is 0 Å². The summed E-state index contributed by atoms with van der Waals surface area (Å²) in [6.07, 6.45) is 0.116. The van der Waals surface area contributed by atoms with E-state index in [4.69, 9.17) is 4.74 Å². The summed E-state index contributed by atoms with van der Waals surface area (Å²) in [5.74, 6) is -0.703. The van der Waals surface area contributed by atoms with E-state index in [0.29, 0.717) is 0 Å². The van der Waals surface area contributed by atoms with Gasteiger partial charge in [0.05, 0.1) is 15.5 Å². The van der Waals surface area contributed by atoms with Crippen LogP contribution in [-0.4, -0.2) is 16.8 Å². The first-order valence-electron chi connectivity index (χ1n) is 4.79. The maximum absolute atomic E-state index is 13.0. The molecule has 5 nitrogen and oxygen atoms in total. The third-order valence-electron chi connectivity index (χ3n) is 2.38. The van der Waals surface area contributed by atoms with Crippen LogP contribution in [0.4, 0.5) is 10.1 Å². The number of ketones is 1. The van der Waals surface area contributed by atoms with Gasteiger partial charge in [0.25, 0.3) is 0 Å². The van der Waals surface area contributed by atoms with Crippen LogP contribution in [0.1, 0.15) is 12.8 Å². The van der Waals surface area contributed by atoms with Crippen molar-refractivity contribution in [1.82, 2.24) is 0 Å². The first-order chi connectivity index (χ1) is 7.97. The van der Waals surface area contributed by atoms with Crippen molar-refractivity contribution in [2.24, 2.45) is 0 Å². The summed E-state index contributed by atoms with van der Waals surface area (Å²) in [7, 11) is 0. The molecule has 1 saturated carbocycles. The van der Waals surface area contributed by atoms with Crippen LogP contribution < -0.4 is 4.74 Å². The molecule has 0 atom stereocenters. The molecule has 90 valence electrons. The molecule has 0 unspecified atom stereocenters. The van der Waals surface area contributed by atoms with Gasteiger partial charge in [-0.15, -0.1) is 0 Å². The lowest BCUT2D eigenvalue weighted by Gasteiger charge is -2.25. The Morgan fingerprint density at radius 1 is 1.47 bits per heavy atom. The van der Waals surface area contributed by atoms with Crippen molar-refractivity contribution in [2.45, 2.75) is 18.9 Å². The van der Waals surface area contributed by atoms with Crippen molar-refractivity contribution in [3.63, 3.8) is 0 Å². The highest BCUT2D eigenvalue weighted by Crippen LogP contribution is 2.38. The van der Waals surface area contributed by atoms with E-state index in [1.165, 1.54) is 0 Å². The highest BCUT2D eigenvalue weighted by molar-refractivity contribution is 9.10. The van der Waals surface area contributed by atoms with Crippen LogP contribution >= 0.6 is 15.9 Å². The molecule has 0 bridgehead atoms. The molecule has 0 spiro atoms. The van der Waals surface area contributed by atoms with E-state index >= 15 is 0 Å². The normalized spacial score (nSPS) is 15.5. The molecule has 1 aromatic carbocycles. The summed E-state index contributed by atoms with van der Waals surface area (Å²) in [5, 5.41) is 10.7. The number of rotatable bonds is 3. The number of benzene rings is 1. The number of nitrogens with zero attached hydrogens (tertiary/aromatic N) is 1. The number of ether oxygens (including phenoxy) is 1. The number of carbonyl (C=O) groups excluding carboxylic acids is 1. The molecule has 1 aliphatic rings. The summed E-state index contributed by atoms with van der Waals surface area (Å²) in [6.45, 7) is 0. The molecule has 0 aliphatic heterocycles. The zero-order valence-corrected chi connectivity index (χ0v) is 10.1. The molecule has 0 aromatic heterocycles. The molecule has 0 N–H and O–H groups in total. The molecule has 0 saturated heterocycles. The molecular weight excluding hydrogens is 297 g/mol. The van der Waals surface area contributed by atoms with E-state index in [2.05, 4.69) is 15.9 Å². The van der Waals surface area contributed by atoms with Crippen molar-refractivity contribution in [3.8, 4) is 5.75 Å². The van der Waals surface area contributed by atoms with Crippen LogP contribution in [0, 0.1) is 15.9 Å². The second-order valence-electron chi connectivity index (χ2n) is 3.68. The van der Waals surface area contributed by atoms with Crippen LogP contribution in [-0.2, 0) is 4.79 Å². The summed E-state index contributed by atoms with van der Waals surface area (Å²) < 4.78 is 18.5. The van der Waals surface area contributed by atoms with Gasteiger partial charge in [-0.1, -0.05) is 0 Å². The standard InChI is InChI=1S/C10H7BrFNO4/c11-8-1-5(12)2-9(13(15)16)10(8)17-7-3-6(14)4-7/h1-2,7H,3-4H2. The fraction of sp³-hybridized carbons (Fsp3) is 0.300. The summed E-state index contributed by atoms with van der Waals surface area (Å²) in [5.41, 5.74) is -0.448. The lowest BCUT2D eigenvalue weighted by Crippen LogP contribution is -2.34. The number of nitro groups is 1. The number of Topliss-reactive ketones (excluding diaryl/α,β-unsaturated/α-hetero) is 1. The highest BCUT2D eigenvalue weighted by atomic mass is 79.9. The monoisotopic (exact) mass is 303 g/mol. The largest absolute Gasteiger partial charge is 0.482 e. The number of carbonyl (C=O) groups is 1. The van der Waals surface area contributed by atoms with Gasteiger partial charge < -0.3 is 4.74 Å². The Kier molecular flexibility index (Phi) is 3.10. The van der Waals surface area contributed by atoms with Crippen molar-refractivity contribution >= 4 is 27.4 Å². The fourth-order valence-electron chi connectivity index (χ4n) is 1.50. The van der Waals surface area contributed by atoms with E-state index in [1.54, 1.807) is 0 Å². The Morgan fingerprint density at radius 3 is 2.65 bits per heavy atom. The molecule has 0 radical (unpaired) electrons. The van der Waals surface area contributed by atoms with Gasteiger partial charge in [0, 0.05) is 12.8 Å². The SMILES string of the molecule is O=C1CC(Oc2c(Br)cc(F)cc2[N+](=O)[O-])C1. The Bertz CT molecular complexity index is 497. The van der Waals surface area contributed by atoms with Gasteiger partial charge >= 0.3 is 5.69 Å². The molecule has 0 amide bonds. The predicted molar refractivity (Wildman–Crippen MR) is 59.4 cm³/mol. The first-order valence-corrected chi connectivity index (χ1v) is 5.58. The second-order valence-corrected chi connectivity index (χ2v) is 4.53. The van der Waals surface area contributed by atoms with E-state index in [0.717, 1.165) is 12.1 Å². The summed E-state index contributed by atoms with van der Waals surface area (Å²) >= 11 is 3.01. The third kappa shape index (κ3) is 2.44. The lowest BCUT2D eigenvalue weighted by molar-refractivity contribution is -0.386. The minimum Gasteiger partial charge on any atom is -0.482 e. The molecular formula is C10H7BrFNO4. The minimum absolute atomic E-state index is 0.0334. The minimum atomic E-state index is -0.722. The molecule has 2 rings (SSSR count). The number of hydrogen-bond donors (Lipinski definition) is 0. The molecule has 0 heterocycles. The smallest absolute Gasteiger partial charge is 0.315 e. The maximum atomic E-state index is 13.0. The number of nitro benzene ring substituents is 1. The van der Waals surface area contributed by atoms with Gasteiger partial charge in [0.2, 0.25) is 5.75 Å². The zero-order valence-electron chi connectivity index (χ0n) is 8.48.